The summed E-state index contributed by atoms with van der Waals surface area (Å²) in [5.74, 6) is 0.989. The minimum absolute atomic E-state index is 0.272. The van der Waals surface area contributed by atoms with Gasteiger partial charge in [0, 0.05) is 6.21 Å². The van der Waals surface area contributed by atoms with Crippen molar-refractivity contribution in [2.75, 3.05) is 6.61 Å². The monoisotopic (exact) mass is 377 g/mol. The van der Waals surface area contributed by atoms with E-state index in [0.29, 0.717) is 18.1 Å². The molecular formula is C24H24FNO2. The molecule has 0 radical (unpaired) electrons. The van der Waals surface area contributed by atoms with Gasteiger partial charge >= 0.3 is 0 Å². The van der Waals surface area contributed by atoms with Crippen LogP contribution in [-0.4, -0.2) is 12.8 Å². The van der Waals surface area contributed by atoms with Crippen LogP contribution in [0.25, 0.3) is 0 Å². The number of ether oxygens (including phenoxy) is 2. The first kappa shape index (κ1) is 19.6. The lowest BCUT2D eigenvalue weighted by atomic mass is 10.1. The summed E-state index contributed by atoms with van der Waals surface area (Å²) in [7, 11) is 0. The van der Waals surface area contributed by atoms with Gasteiger partial charge < -0.3 is 9.47 Å². The molecule has 0 fully saturated rings. The van der Waals surface area contributed by atoms with E-state index in [1.54, 1.807) is 6.07 Å². The van der Waals surface area contributed by atoms with Gasteiger partial charge in [0.1, 0.15) is 12.4 Å². The molecule has 0 heterocycles. The predicted molar refractivity (Wildman–Crippen MR) is 112 cm³/mol. The molecule has 0 amide bonds. The third-order valence-electron chi connectivity index (χ3n) is 4.48. The van der Waals surface area contributed by atoms with Crippen LogP contribution < -0.4 is 9.47 Å². The van der Waals surface area contributed by atoms with Crippen molar-refractivity contribution in [3.63, 3.8) is 0 Å². The molecule has 3 aromatic carbocycles. The number of hydrogen-bond donors (Lipinski definition) is 0. The van der Waals surface area contributed by atoms with E-state index >= 15 is 0 Å². The standard InChI is InChI=1S/C24H24FNO2/c1-4-27-24-14-19(15-26-22-10-5-7-17(2)18(22)3)11-12-23(24)28-16-20-8-6-9-21(25)13-20/h5-15H,4,16H2,1-3H3. The summed E-state index contributed by atoms with van der Waals surface area (Å²) in [6.07, 6.45) is 1.82. The number of aliphatic imine (C=N–C) groups is 1. The molecule has 0 spiro atoms. The van der Waals surface area contributed by atoms with Gasteiger partial charge in [-0.25, -0.2) is 4.39 Å². The molecule has 0 saturated heterocycles. The van der Waals surface area contributed by atoms with E-state index in [1.165, 1.54) is 23.3 Å². The summed E-state index contributed by atoms with van der Waals surface area (Å²) in [6.45, 7) is 6.86. The van der Waals surface area contributed by atoms with E-state index in [9.17, 15) is 4.39 Å². The van der Waals surface area contributed by atoms with Crippen LogP contribution in [0.3, 0.4) is 0 Å². The summed E-state index contributed by atoms with van der Waals surface area (Å²) in [5, 5.41) is 0. The molecule has 0 aliphatic heterocycles. The highest BCUT2D eigenvalue weighted by Gasteiger charge is 2.07. The highest BCUT2D eigenvalue weighted by molar-refractivity contribution is 5.83. The number of nitrogens with zero attached hydrogens (tertiary/aromatic N) is 1. The SMILES string of the molecule is CCOc1cc(C=Nc2cccc(C)c2C)ccc1OCc1cccc(F)c1. The van der Waals surface area contributed by atoms with Crippen molar-refractivity contribution in [3.05, 3.63) is 88.7 Å². The fraction of sp³-hybridized carbons (Fsp3) is 0.208. The van der Waals surface area contributed by atoms with E-state index in [4.69, 9.17) is 9.47 Å². The smallest absolute Gasteiger partial charge is 0.161 e. The molecule has 0 aliphatic carbocycles. The number of rotatable bonds is 7. The number of hydrogen-bond acceptors (Lipinski definition) is 3. The zero-order valence-corrected chi connectivity index (χ0v) is 16.4. The van der Waals surface area contributed by atoms with Gasteiger partial charge in [-0.3, -0.25) is 4.99 Å². The predicted octanol–water partition coefficient (Wildman–Crippen LogP) is 6.17. The average Bonchev–Trinajstić information content (AvgIpc) is 2.69. The van der Waals surface area contributed by atoms with Gasteiger partial charge in [-0.05, 0) is 79.4 Å². The average molecular weight is 377 g/mol. The topological polar surface area (TPSA) is 30.8 Å². The summed E-state index contributed by atoms with van der Waals surface area (Å²) in [6, 6.07) is 18.1. The molecule has 0 N–H and O–H groups in total. The summed E-state index contributed by atoms with van der Waals surface area (Å²) in [4.78, 5) is 4.61. The van der Waals surface area contributed by atoms with Crippen LogP contribution in [0.15, 0.2) is 65.7 Å². The number of benzene rings is 3. The van der Waals surface area contributed by atoms with Gasteiger partial charge in [0.15, 0.2) is 11.5 Å². The Bertz CT molecular complexity index is 982. The maximum absolute atomic E-state index is 13.3. The fourth-order valence-corrected chi connectivity index (χ4v) is 2.80. The van der Waals surface area contributed by atoms with Crippen molar-refractivity contribution in [1.82, 2.24) is 0 Å². The van der Waals surface area contributed by atoms with Crippen molar-refractivity contribution in [1.29, 1.82) is 0 Å². The highest BCUT2D eigenvalue weighted by atomic mass is 19.1. The summed E-state index contributed by atoms with van der Waals surface area (Å²) >= 11 is 0. The second-order valence-electron chi connectivity index (χ2n) is 6.54. The molecule has 0 aromatic heterocycles. The summed E-state index contributed by atoms with van der Waals surface area (Å²) < 4.78 is 24.9. The number of aryl methyl sites for hydroxylation is 1. The Balaban J connectivity index is 1.78. The maximum atomic E-state index is 13.3. The third kappa shape index (κ3) is 4.97. The lowest BCUT2D eigenvalue weighted by molar-refractivity contribution is 0.269. The Morgan fingerprint density at radius 2 is 1.75 bits per heavy atom. The van der Waals surface area contributed by atoms with Crippen LogP contribution in [0, 0.1) is 19.7 Å². The molecule has 3 aromatic rings. The minimum Gasteiger partial charge on any atom is -0.490 e. The lowest BCUT2D eigenvalue weighted by Crippen LogP contribution is -2.00. The zero-order chi connectivity index (χ0) is 19.9. The van der Waals surface area contributed by atoms with E-state index in [1.807, 2.05) is 49.5 Å². The lowest BCUT2D eigenvalue weighted by Gasteiger charge is -2.13. The van der Waals surface area contributed by atoms with E-state index < -0.39 is 0 Å². The van der Waals surface area contributed by atoms with Gasteiger partial charge in [0.25, 0.3) is 0 Å². The van der Waals surface area contributed by atoms with Crippen LogP contribution in [0.4, 0.5) is 10.1 Å². The summed E-state index contributed by atoms with van der Waals surface area (Å²) in [5.41, 5.74) is 5.01. The Labute approximate surface area is 165 Å². The minimum atomic E-state index is -0.274. The van der Waals surface area contributed by atoms with Crippen LogP contribution >= 0.6 is 0 Å². The quantitative estimate of drug-likeness (QED) is 0.461. The van der Waals surface area contributed by atoms with Crippen LogP contribution in [0.1, 0.15) is 29.2 Å². The normalized spacial score (nSPS) is 11.0. The number of halogens is 1. The van der Waals surface area contributed by atoms with Crippen molar-refractivity contribution in [2.24, 2.45) is 4.99 Å². The highest BCUT2D eigenvalue weighted by Crippen LogP contribution is 2.29. The first-order chi connectivity index (χ1) is 13.6. The Kier molecular flexibility index (Phi) is 6.43. The molecule has 4 heteroatoms. The fourth-order valence-electron chi connectivity index (χ4n) is 2.80. The largest absolute Gasteiger partial charge is 0.490 e. The first-order valence-electron chi connectivity index (χ1n) is 9.31. The van der Waals surface area contributed by atoms with Crippen LogP contribution in [0.5, 0.6) is 11.5 Å². The molecule has 3 rings (SSSR count). The Morgan fingerprint density at radius 3 is 2.54 bits per heavy atom. The Hall–Kier alpha value is -3.14. The molecule has 0 aliphatic rings. The van der Waals surface area contributed by atoms with Crippen LogP contribution in [0.2, 0.25) is 0 Å². The van der Waals surface area contributed by atoms with Crippen molar-refractivity contribution < 1.29 is 13.9 Å². The van der Waals surface area contributed by atoms with E-state index in [2.05, 4.69) is 24.9 Å². The molecule has 0 atom stereocenters. The third-order valence-corrected chi connectivity index (χ3v) is 4.48. The molecule has 0 bridgehead atoms. The molecule has 28 heavy (non-hydrogen) atoms. The molecule has 3 nitrogen and oxygen atoms in total. The molecule has 144 valence electrons. The first-order valence-corrected chi connectivity index (χ1v) is 9.31. The van der Waals surface area contributed by atoms with Gasteiger partial charge in [-0.2, -0.15) is 0 Å². The molecular weight excluding hydrogens is 353 g/mol. The van der Waals surface area contributed by atoms with Gasteiger partial charge in [-0.1, -0.05) is 24.3 Å². The van der Waals surface area contributed by atoms with Crippen molar-refractivity contribution >= 4 is 11.9 Å². The van der Waals surface area contributed by atoms with Gasteiger partial charge in [0.05, 0.1) is 12.3 Å². The molecule has 0 saturated carbocycles. The Morgan fingerprint density at radius 1 is 0.929 bits per heavy atom. The van der Waals surface area contributed by atoms with Crippen molar-refractivity contribution in [2.45, 2.75) is 27.4 Å². The second-order valence-corrected chi connectivity index (χ2v) is 6.54. The zero-order valence-electron chi connectivity index (χ0n) is 16.4. The maximum Gasteiger partial charge on any atom is 0.161 e. The van der Waals surface area contributed by atoms with Crippen LogP contribution in [-0.2, 0) is 6.61 Å². The van der Waals surface area contributed by atoms with Crippen molar-refractivity contribution in [3.8, 4) is 11.5 Å². The van der Waals surface area contributed by atoms with Gasteiger partial charge in [-0.15, -0.1) is 0 Å². The second kappa shape index (κ2) is 9.18. The van der Waals surface area contributed by atoms with E-state index in [0.717, 1.165) is 16.8 Å². The van der Waals surface area contributed by atoms with E-state index in [-0.39, 0.29) is 12.4 Å². The van der Waals surface area contributed by atoms with Gasteiger partial charge in [0.2, 0.25) is 0 Å². The molecule has 0 unspecified atom stereocenters.